The van der Waals surface area contributed by atoms with Gasteiger partial charge in [-0.2, -0.15) is 10.2 Å². The number of alkyl carbamates (subject to hydrolysis) is 1. The highest BCUT2D eigenvalue weighted by molar-refractivity contribution is 7.19. The number of carbonyl (C=O) groups excluding carboxylic acids is 1. The molecule has 11 heteroatoms. The largest absolute Gasteiger partial charge is 0.459 e. The third-order valence-electron chi connectivity index (χ3n) is 7.99. The van der Waals surface area contributed by atoms with E-state index in [9.17, 15) is 10.1 Å². The molecule has 0 fully saturated rings. The number of rotatable bonds is 10. The minimum Gasteiger partial charge on any atom is -0.459 e. The number of para-hydroxylation sites is 1. The Morgan fingerprint density at radius 1 is 1.08 bits per heavy atom. The first-order valence-electron chi connectivity index (χ1n) is 15.5. The molecule has 5 aromatic rings. The summed E-state index contributed by atoms with van der Waals surface area (Å²) in [5, 5.41) is 13.5. The number of hydrogen-bond donors (Lipinski definition) is 2. The molecule has 0 radical (unpaired) electrons. The van der Waals surface area contributed by atoms with E-state index in [2.05, 4.69) is 70.2 Å². The fourth-order valence-corrected chi connectivity index (χ4v) is 6.61. The number of allylic oxidation sites excluding steroid dienone is 2. The Labute approximate surface area is 283 Å². The van der Waals surface area contributed by atoms with E-state index >= 15 is 0 Å². The van der Waals surface area contributed by atoms with Crippen LogP contribution in [-0.2, 0) is 17.9 Å². The molecule has 0 unspecified atom stereocenters. The third kappa shape index (κ3) is 7.45. The molecule has 0 spiro atoms. The Balaban J connectivity index is 1.05. The molecule has 3 N–H and O–H groups in total. The fourth-order valence-electron chi connectivity index (χ4n) is 5.67. The maximum Gasteiger partial charge on any atom is 0.407 e. The normalized spacial score (nSPS) is 13.8. The van der Waals surface area contributed by atoms with Crippen LogP contribution in [0.4, 0.5) is 16.3 Å². The van der Waals surface area contributed by atoms with Gasteiger partial charge >= 0.3 is 12.1 Å². The van der Waals surface area contributed by atoms with Gasteiger partial charge in [-0.15, -0.1) is 11.3 Å². The number of nitriles is 1. The molecule has 6 rings (SSSR count). The maximum absolute atomic E-state index is 12.6. The van der Waals surface area contributed by atoms with Crippen LogP contribution in [0.3, 0.4) is 0 Å². The summed E-state index contributed by atoms with van der Waals surface area (Å²) < 4.78 is 12.2. The lowest BCUT2D eigenvalue weighted by Crippen LogP contribution is -2.47. The predicted octanol–water partition coefficient (Wildman–Crippen LogP) is 7.24. The Kier molecular flexibility index (Phi) is 9.36. The monoisotopic (exact) mass is 657 g/mol. The lowest BCUT2D eigenvalue weighted by Gasteiger charge is -2.43. The number of anilines is 2. The average molecular weight is 658 g/mol. The molecule has 10 nitrogen and oxygen atoms in total. The molecule has 3 aromatic carbocycles. The Hall–Kier alpha value is -5.73. The molecule has 1 amide bonds. The molecule has 0 bridgehead atoms. The molecule has 1 aliphatic rings. The average Bonchev–Trinajstić information content (AvgIpc) is 3.51. The van der Waals surface area contributed by atoms with Crippen LogP contribution in [-0.4, -0.2) is 39.7 Å². The molecule has 0 saturated carbocycles. The number of hydrogen-bond acceptors (Lipinski definition) is 10. The van der Waals surface area contributed by atoms with Gasteiger partial charge in [0.15, 0.2) is 0 Å². The highest BCUT2D eigenvalue weighted by atomic mass is 32.1. The lowest BCUT2D eigenvalue weighted by atomic mass is 9.88. The molecule has 0 aliphatic carbocycles. The number of ether oxygens (including phenoxy) is 2. The van der Waals surface area contributed by atoms with Crippen molar-refractivity contribution in [2.45, 2.75) is 39.5 Å². The van der Waals surface area contributed by atoms with E-state index in [1.54, 1.807) is 12.3 Å². The number of nitrogen functional groups attached to an aromatic ring is 1. The molecule has 2 aromatic heterocycles. The second kappa shape index (κ2) is 13.9. The van der Waals surface area contributed by atoms with Crippen molar-refractivity contribution in [3.05, 3.63) is 112 Å². The minimum absolute atomic E-state index is 0.210. The number of amides is 1. The summed E-state index contributed by atoms with van der Waals surface area (Å²) in [7, 11) is 0. The highest BCUT2D eigenvalue weighted by Gasteiger charge is 2.31. The van der Waals surface area contributed by atoms with Crippen LogP contribution in [0.1, 0.15) is 48.0 Å². The van der Waals surface area contributed by atoms with Crippen molar-refractivity contribution in [1.82, 2.24) is 20.3 Å². The standard InChI is InChI=1S/C37H35N7O3S/c1-24-20-37(2,3)44(31-13-12-27(19-29(24)31)18-28(21-38)34-42-30-6-4-5-7-32(30)48-34)16-17-46-36(45)41-22-25-8-10-26(11-9-25)23-47-35-40-15-14-33(39)43-35/h4-15,18-20H,16-17,22-23H2,1-3H3,(H,41,45)(H2,39,40,43)/b28-18+. The predicted molar refractivity (Wildman–Crippen MR) is 190 cm³/mol. The van der Waals surface area contributed by atoms with Crippen LogP contribution in [0.15, 0.2) is 85.1 Å². The maximum atomic E-state index is 12.6. The van der Waals surface area contributed by atoms with Crippen LogP contribution < -0.4 is 20.7 Å². The smallest absolute Gasteiger partial charge is 0.407 e. The molecule has 3 heterocycles. The van der Waals surface area contributed by atoms with Crippen molar-refractivity contribution in [2.75, 3.05) is 23.8 Å². The van der Waals surface area contributed by atoms with Crippen molar-refractivity contribution in [2.24, 2.45) is 0 Å². The first-order valence-corrected chi connectivity index (χ1v) is 16.3. The second-order valence-electron chi connectivity index (χ2n) is 11.9. The number of nitrogens with two attached hydrogens (primary N) is 1. The van der Waals surface area contributed by atoms with E-state index in [0.717, 1.165) is 43.7 Å². The summed E-state index contributed by atoms with van der Waals surface area (Å²) >= 11 is 1.51. The van der Waals surface area contributed by atoms with Gasteiger partial charge in [0, 0.05) is 24.0 Å². The summed E-state index contributed by atoms with van der Waals surface area (Å²) in [5.74, 6) is 0.347. The lowest BCUT2D eigenvalue weighted by molar-refractivity contribution is 0.147. The Morgan fingerprint density at radius 2 is 1.88 bits per heavy atom. The Morgan fingerprint density at radius 3 is 2.65 bits per heavy atom. The van der Waals surface area contributed by atoms with Crippen LogP contribution in [0, 0.1) is 11.3 Å². The second-order valence-corrected chi connectivity index (χ2v) is 13.0. The zero-order valence-electron chi connectivity index (χ0n) is 26.9. The van der Waals surface area contributed by atoms with Crippen molar-refractivity contribution in [3.8, 4) is 12.1 Å². The van der Waals surface area contributed by atoms with Gasteiger partial charge in [0.05, 0.1) is 27.9 Å². The highest BCUT2D eigenvalue weighted by Crippen LogP contribution is 2.40. The minimum atomic E-state index is -0.484. The number of benzene rings is 3. The first-order chi connectivity index (χ1) is 23.2. The number of fused-ring (bicyclic) bond motifs is 2. The number of aromatic nitrogens is 3. The summed E-state index contributed by atoms with van der Waals surface area (Å²) in [6, 6.07) is 25.9. The van der Waals surface area contributed by atoms with Gasteiger partial charge in [0.2, 0.25) is 0 Å². The van der Waals surface area contributed by atoms with E-state index in [-0.39, 0.29) is 18.2 Å². The molecular weight excluding hydrogens is 623 g/mol. The van der Waals surface area contributed by atoms with Crippen molar-refractivity contribution < 1.29 is 14.3 Å². The zero-order chi connectivity index (χ0) is 33.7. The van der Waals surface area contributed by atoms with E-state index in [4.69, 9.17) is 15.2 Å². The van der Waals surface area contributed by atoms with Crippen LogP contribution in [0.2, 0.25) is 0 Å². The van der Waals surface area contributed by atoms with Gasteiger partial charge in [0.1, 0.15) is 30.1 Å². The van der Waals surface area contributed by atoms with Gasteiger partial charge < -0.3 is 25.4 Å². The number of thiazole rings is 1. The van der Waals surface area contributed by atoms with Crippen molar-refractivity contribution >= 4 is 56.4 Å². The SMILES string of the molecule is CC1=CC(C)(C)N(CCOC(=O)NCc2ccc(COc3nccc(N)n3)cc2)c2ccc(/C=C(\C#N)c3nc4ccccc4s3)cc21. The topological polar surface area (TPSA) is 139 Å². The molecule has 48 heavy (non-hydrogen) atoms. The zero-order valence-corrected chi connectivity index (χ0v) is 27.8. The van der Waals surface area contributed by atoms with E-state index < -0.39 is 6.09 Å². The van der Waals surface area contributed by atoms with Crippen LogP contribution >= 0.6 is 11.3 Å². The van der Waals surface area contributed by atoms with E-state index in [1.807, 2.05) is 60.7 Å². The van der Waals surface area contributed by atoms with Crippen molar-refractivity contribution in [3.63, 3.8) is 0 Å². The summed E-state index contributed by atoms with van der Waals surface area (Å²) in [6.45, 7) is 7.73. The summed E-state index contributed by atoms with van der Waals surface area (Å²) in [5.41, 5.74) is 12.8. The molecule has 0 saturated heterocycles. The van der Waals surface area contributed by atoms with Crippen LogP contribution in [0.5, 0.6) is 6.01 Å². The number of nitrogens with one attached hydrogen (secondary N) is 1. The van der Waals surface area contributed by atoms with Crippen molar-refractivity contribution in [1.29, 1.82) is 5.26 Å². The molecule has 1 aliphatic heterocycles. The summed E-state index contributed by atoms with van der Waals surface area (Å²) in [6.07, 6.45) is 5.17. The van der Waals surface area contributed by atoms with E-state index in [1.165, 1.54) is 11.3 Å². The number of nitrogens with zero attached hydrogens (tertiary/aromatic N) is 5. The Bertz CT molecular complexity index is 2030. The first kappa shape index (κ1) is 32.2. The van der Waals surface area contributed by atoms with Gasteiger partial charge in [-0.05, 0) is 79.4 Å². The van der Waals surface area contributed by atoms with E-state index in [0.29, 0.717) is 36.1 Å². The third-order valence-corrected chi connectivity index (χ3v) is 9.06. The quantitative estimate of drug-likeness (QED) is 0.149. The van der Waals surface area contributed by atoms with Gasteiger partial charge in [-0.3, -0.25) is 0 Å². The molecule has 242 valence electrons. The van der Waals surface area contributed by atoms with Gasteiger partial charge in [-0.1, -0.05) is 48.5 Å². The van der Waals surface area contributed by atoms with Gasteiger partial charge in [-0.25, -0.2) is 14.8 Å². The van der Waals surface area contributed by atoms with Crippen LogP contribution in [0.25, 0.3) is 27.4 Å². The summed E-state index contributed by atoms with van der Waals surface area (Å²) in [4.78, 5) is 27.5. The van der Waals surface area contributed by atoms with Gasteiger partial charge in [0.25, 0.3) is 0 Å². The number of carbonyl (C=O) groups is 1. The molecule has 0 atom stereocenters. The molecular formula is C37H35N7O3S. The fraction of sp³-hybridized carbons (Fsp3) is 0.216.